The fraction of sp³-hybridized carbons (Fsp3) is 0. The predicted octanol–water partition coefficient (Wildman–Crippen LogP) is 15.0. The first-order valence-corrected chi connectivity index (χ1v) is 20.3. The summed E-state index contributed by atoms with van der Waals surface area (Å²) in [4.78, 5) is 0. The van der Waals surface area contributed by atoms with Crippen LogP contribution in [0.1, 0.15) is 0 Å². The lowest BCUT2D eigenvalue weighted by Gasteiger charge is -2.11. The molecule has 0 spiro atoms. The molecule has 0 atom stereocenters. The molecule has 3 heteroatoms. The van der Waals surface area contributed by atoms with Crippen molar-refractivity contribution in [1.29, 1.82) is 0 Å². The van der Waals surface area contributed by atoms with E-state index in [9.17, 15) is 0 Å². The first kappa shape index (κ1) is 32.2. The van der Waals surface area contributed by atoms with Crippen molar-refractivity contribution in [3.05, 3.63) is 212 Å². The highest BCUT2D eigenvalue weighted by atomic mass is 15.0. The van der Waals surface area contributed by atoms with E-state index in [1.807, 2.05) is 0 Å². The van der Waals surface area contributed by atoms with Gasteiger partial charge in [0.1, 0.15) is 0 Å². The van der Waals surface area contributed by atoms with Gasteiger partial charge in [0.15, 0.2) is 0 Å². The first-order valence-electron chi connectivity index (χ1n) is 20.3. The van der Waals surface area contributed by atoms with Crippen molar-refractivity contribution in [2.24, 2.45) is 0 Å². The van der Waals surface area contributed by atoms with Gasteiger partial charge in [-0.25, -0.2) is 0 Å². The minimum atomic E-state index is 1.16. The van der Waals surface area contributed by atoms with Crippen LogP contribution in [-0.4, -0.2) is 13.7 Å². The zero-order valence-electron chi connectivity index (χ0n) is 32.0. The topological polar surface area (TPSA) is 14.8 Å². The molecule has 0 aliphatic heterocycles. The van der Waals surface area contributed by atoms with Gasteiger partial charge in [-0.3, -0.25) is 0 Å². The summed E-state index contributed by atoms with van der Waals surface area (Å²) >= 11 is 0. The molecule has 0 amide bonds. The van der Waals surface area contributed by atoms with Crippen LogP contribution in [0, 0.1) is 0 Å². The van der Waals surface area contributed by atoms with Gasteiger partial charge in [0, 0.05) is 49.4 Å². The number of para-hydroxylation sites is 3. The van der Waals surface area contributed by atoms with Gasteiger partial charge in [0.05, 0.1) is 33.1 Å². The fourth-order valence-corrected chi connectivity index (χ4v) is 9.86. The van der Waals surface area contributed by atoms with Crippen molar-refractivity contribution in [2.45, 2.75) is 0 Å². The van der Waals surface area contributed by atoms with Crippen LogP contribution in [0.25, 0.3) is 115 Å². The van der Waals surface area contributed by atoms with Crippen LogP contribution in [0.4, 0.5) is 0 Å². The molecule has 0 radical (unpaired) electrons. The number of hydrogen-bond acceptors (Lipinski definition) is 0. The second-order valence-electron chi connectivity index (χ2n) is 15.8. The number of benzene rings is 10. The molecule has 0 fully saturated rings. The van der Waals surface area contributed by atoms with Crippen LogP contribution in [0.3, 0.4) is 0 Å². The Labute approximate surface area is 339 Å². The molecule has 13 rings (SSSR count). The van der Waals surface area contributed by atoms with Crippen LogP contribution in [0.2, 0.25) is 0 Å². The lowest BCUT2D eigenvalue weighted by molar-refractivity contribution is 1.18. The minimum Gasteiger partial charge on any atom is -0.309 e. The van der Waals surface area contributed by atoms with E-state index in [2.05, 4.69) is 226 Å². The van der Waals surface area contributed by atoms with E-state index in [0.717, 1.165) is 11.4 Å². The third kappa shape index (κ3) is 4.76. The van der Waals surface area contributed by atoms with Crippen molar-refractivity contribution in [2.75, 3.05) is 0 Å². The van der Waals surface area contributed by atoms with Crippen LogP contribution >= 0.6 is 0 Å². The van der Waals surface area contributed by atoms with Crippen molar-refractivity contribution in [1.82, 2.24) is 13.7 Å². The molecule has 3 heterocycles. The number of hydrogen-bond donors (Lipinski definition) is 0. The Bertz CT molecular complexity index is 3840. The Morgan fingerprint density at radius 3 is 1.15 bits per heavy atom. The highest BCUT2D eigenvalue weighted by Crippen LogP contribution is 2.42. The van der Waals surface area contributed by atoms with Crippen molar-refractivity contribution >= 4 is 87.0 Å². The Morgan fingerprint density at radius 2 is 0.593 bits per heavy atom. The maximum Gasteiger partial charge on any atom is 0.0548 e. The smallest absolute Gasteiger partial charge is 0.0548 e. The zero-order valence-corrected chi connectivity index (χ0v) is 32.0. The van der Waals surface area contributed by atoms with Gasteiger partial charge in [-0.05, 0) is 118 Å². The molecular weight excluding hydrogens is 715 g/mol. The van der Waals surface area contributed by atoms with Crippen molar-refractivity contribution in [3.8, 4) is 28.2 Å². The second-order valence-corrected chi connectivity index (χ2v) is 15.8. The molecule has 10 aromatic carbocycles. The third-order valence-corrected chi connectivity index (χ3v) is 12.6. The van der Waals surface area contributed by atoms with E-state index in [-0.39, 0.29) is 0 Å². The summed E-state index contributed by atoms with van der Waals surface area (Å²) in [6, 6.07) is 78.2. The average molecular weight is 750 g/mol. The van der Waals surface area contributed by atoms with Crippen LogP contribution in [0.5, 0.6) is 0 Å². The molecule has 59 heavy (non-hydrogen) atoms. The molecule has 0 aliphatic carbocycles. The highest BCUT2D eigenvalue weighted by Gasteiger charge is 2.20. The van der Waals surface area contributed by atoms with Gasteiger partial charge in [0.2, 0.25) is 0 Å². The van der Waals surface area contributed by atoms with Gasteiger partial charge in [-0.15, -0.1) is 0 Å². The molecule has 0 N–H and O–H groups in total. The molecule has 13 aromatic rings. The first-order chi connectivity index (χ1) is 29.2. The summed E-state index contributed by atoms with van der Waals surface area (Å²) in [5.41, 5.74) is 13.1. The van der Waals surface area contributed by atoms with Crippen LogP contribution in [-0.2, 0) is 0 Å². The third-order valence-electron chi connectivity index (χ3n) is 12.6. The number of nitrogens with zero attached hydrogens (tertiary/aromatic N) is 3. The standard InChI is InChI=1S/C56H35N3/c1-2-16-42(17-3-1)57-51-20-10-9-19-46(51)49-34-56-50(35-55(49)57)48-33-41(25-29-54(48)59(56)44-27-23-37-13-5-7-15-39(37)31-44)40-24-28-53-47(32-40)45-18-8-11-21-52(45)58(53)43-26-22-36-12-4-6-14-38(36)30-43/h1-35H. The fourth-order valence-electron chi connectivity index (χ4n) is 9.86. The van der Waals surface area contributed by atoms with E-state index >= 15 is 0 Å². The molecule has 0 aliphatic rings. The van der Waals surface area contributed by atoms with Gasteiger partial charge in [0.25, 0.3) is 0 Å². The maximum atomic E-state index is 2.47. The van der Waals surface area contributed by atoms with Crippen LogP contribution in [0.15, 0.2) is 212 Å². The second kappa shape index (κ2) is 12.3. The monoisotopic (exact) mass is 749 g/mol. The van der Waals surface area contributed by atoms with Crippen molar-refractivity contribution in [3.63, 3.8) is 0 Å². The van der Waals surface area contributed by atoms with Crippen molar-refractivity contribution < 1.29 is 0 Å². The summed E-state index contributed by atoms with van der Waals surface area (Å²) in [6.45, 7) is 0. The normalized spacial score (nSPS) is 12.1. The van der Waals surface area contributed by atoms with Gasteiger partial charge >= 0.3 is 0 Å². The summed E-state index contributed by atoms with van der Waals surface area (Å²) in [6.07, 6.45) is 0. The largest absolute Gasteiger partial charge is 0.309 e. The van der Waals surface area contributed by atoms with Gasteiger partial charge in [-0.1, -0.05) is 127 Å². The molecule has 0 bridgehead atoms. The lowest BCUT2D eigenvalue weighted by atomic mass is 10.00. The molecule has 274 valence electrons. The summed E-state index contributed by atoms with van der Waals surface area (Å²) < 4.78 is 7.31. The number of fused-ring (bicyclic) bond motifs is 11. The molecule has 0 saturated carbocycles. The van der Waals surface area contributed by atoms with E-state index in [0.29, 0.717) is 0 Å². The average Bonchev–Trinajstić information content (AvgIpc) is 3.93. The van der Waals surface area contributed by atoms with E-state index in [1.54, 1.807) is 0 Å². The molecular formula is C56H35N3. The molecule has 0 unspecified atom stereocenters. The Morgan fingerprint density at radius 1 is 0.203 bits per heavy atom. The lowest BCUT2D eigenvalue weighted by Crippen LogP contribution is -1.95. The molecule has 3 aromatic heterocycles. The predicted molar refractivity (Wildman–Crippen MR) is 250 cm³/mol. The summed E-state index contributed by atoms with van der Waals surface area (Å²) in [5, 5.41) is 12.4. The summed E-state index contributed by atoms with van der Waals surface area (Å²) in [5.74, 6) is 0. The van der Waals surface area contributed by atoms with Gasteiger partial charge < -0.3 is 13.7 Å². The number of rotatable bonds is 4. The zero-order chi connectivity index (χ0) is 38.6. The maximum absolute atomic E-state index is 2.47. The quantitative estimate of drug-likeness (QED) is 0.170. The van der Waals surface area contributed by atoms with Gasteiger partial charge in [-0.2, -0.15) is 0 Å². The molecule has 3 nitrogen and oxygen atoms in total. The number of aromatic nitrogens is 3. The van der Waals surface area contributed by atoms with E-state index < -0.39 is 0 Å². The van der Waals surface area contributed by atoms with E-state index in [4.69, 9.17) is 0 Å². The SMILES string of the molecule is c1ccc(-n2c3ccccc3c3cc4c(cc32)c2cc(-c3ccc5c(c3)c3ccccc3n5-c3ccc5ccccc5c3)ccc2n4-c2ccc3ccccc3c2)cc1. The Balaban J connectivity index is 1.07. The van der Waals surface area contributed by atoms with Crippen LogP contribution < -0.4 is 0 Å². The Hall–Kier alpha value is -7.88. The minimum absolute atomic E-state index is 1.16. The summed E-state index contributed by atoms with van der Waals surface area (Å²) in [7, 11) is 0. The van der Waals surface area contributed by atoms with E-state index in [1.165, 1.54) is 104 Å². The highest BCUT2D eigenvalue weighted by molar-refractivity contribution is 6.20. The Kier molecular flexibility index (Phi) is 6.72. The molecule has 0 saturated heterocycles.